The molecule has 0 spiro atoms. The van der Waals surface area contributed by atoms with Crippen molar-refractivity contribution in [2.24, 2.45) is 5.89 Å². The lowest BCUT2D eigenvalue weighted by molar-refractivity contribution is 0.0857. The van der Waals surface area contributed by atoms with Gasteiger partial charge in [0.25, 0.3) is 0 Å². The third-order valence-electron chi connectivity index (χ3n) is 0.612. The molecule has 1 saturated heterocycles. The molecule has 2 N–H and O–H groups in total. The molecule has 48 valence electrons. The van der Waals surface area contributed by atoms with Gasteiger partial charge in [-0.25, -0.2) is 0 Å². The number of nitrogens with one attached hydrogen (secondary N) is 1. The van der Waals surface area contributed by atoms with Crippen LogP contribution in [0.5, 0.6) is 0 Å². The molecule has 0 aromatic heterocycles. The smallest absolute Gasteiger partial charge is 0.105 e. The first-order valence-corrected chi connectivity index (χ1v) is 1.97. The van der Waals surface area contributed by atoms with E-state index in [4.69, 9.17) is 15.1 Å². The maximum Gasteiger partial charge on any atom is 0.105 e. The molecule has 1 fully saturated rings. The highest BCUT2D eigenvalue weighted by Crippen LogP contribution is 2.12. The Hall–Kier alpha value is -0.0800. The van der Waals surface area contributed by atoms with Gasteiger partial charge in [-0.15, -0.1) is 0 Å². The Bertz CT molecular complexity index is 359. The van der Waals surface area contributed by atoms with Crippen LogP contribution in [0, 0.1) is 5.89 Å². The van der Waals surface area contributed by atoms with Gasteiger partial charge in [0.15, 0.2) is 0 Å². The molecule has 2 nitrogen and oxygen atoms in total. The Morgan fingerprint density at radius 2 is 3.00 bits per heavy atom. The van der Waals surface area contributed by atoms with E-state index in [1.54, 1.807) is 0 Å². The molecule has 1 aliphatic heterocycles. The van der Waals surface area contributed by atoms with Crippen LogP contribution in [0.1, 0.15) is 34.7 Å². The molecule has 1 aliphatic rings. The van der Waals surface area contributed by atoms with Gasteiger partial charge in [-0.05, 0) is 25.1 Å². The number of hydrogen-bond acceptors (Lipinski definition) is 2. The summed E-state index contributed by atoms with van der Waals surface area (Å²) in [6.07, 6.45) is -10.6. The van der Waals surface area contributed by atoms with Crippen molar-refractivity contribution in [1.82, 2.24) is 5.32 Å². The van der Waals surface area contributed by atoms with Crippen LogP contribution in [0.3, 0.4) is 0 Å². The van der Waals surface area contributed by atoms with Crippen LogP contribution >= 0.6 is 0 Å². The van der Waals surface area contributed by atoms with Crippen molar-refractivity contribution >= 4 is 0 Å². The summed E-state index contributed by atoms with van der Waals surface area (Å²) in [5.74, 6) is -3.68. The van der Waals surface area contributed by atoms with Gasteiger partial charge < -0.3 is 5.11 Å². The predicted molar refractivity (Wildman–Crippen MR) is 32.4 cm³/mol. The summed E-state index contributed by atoms with van der Waals surface area (Å²) in [5, 5.41) is 10.9. The van der Waals surface area contributed by atoms with E-state index in [-0.39, 0.29) is 0 Å². The van der Waals surface area contributed by atoms with Crippen LogP contribution in [0.15, 0.2) is 0 Å². The van der Waals surface area contributed by atoms with E-state index < -0.39 is 38.2 Å². The lowest BCUT2D eigenvalue weighted by atomic mass is 10.00. The summed E-state index contributed by atoms with van der Waals surface area (Å²) >= 11 is 0. The van der Waals surface area contributed by atoms with Crippen molar-refractivity contribution in [2.75, 3.05) is 6.50 Å². The van der Waals surface area contributed by atoms with Gasteiger partial charge in [-0.1, -0.05) is 6.85 Å². The van der Waals surface area contributed by atoms with Crippen molar-refractivity contribution in [3.05, 3.63) is 0 Å². The third kappa shape index (κ3) is 1.46. The number of aliphatic hydroxyl groups is 1. The van der Waals surface area contributed by atoms with E-state index in [1.165, 1.54) is 5.32 Å². The second-order valence-corrected chi connectivity index (χ2v) is 1.22. The summed E-state index contributed by atoms with van der Waals surface area (Å²) in [5.41, 5.74) is 0. The standard InChI is InChI=1S/C6H13NO/c1-5-2-3-7-6(8)4-5/h5-8H,2-4H2,1H3/i1D3,2D2,3D2,4D2,5D,6D. The van der Waals surface area contributed by atoms with Crippen molar-refractivity contribution < 1.29 is 20.2 Å². The number of rotatable bonds is 0. The molecule has 8 heavy (non-hydrogen) atoms. The average molecular weight is 126 g/mol. The topological polar surface area (TPSA) is 32.3 Å². The largest absolute Gasteiger partial charge is 0.379 e. The molecular formula is C6H13NO. The van der Waals surface area contributed by atoms with Gasteiger partial charge in [-0.3, -0.25) is 5.32 Å². The van der Waals surface area contributed by atoms with Gasteiger partial charge >= 0.3 is 0 Å². The maximum absolute atomic E-state index is 9.57. The monoisotopic (exact) mass is 126 g/mol. The summed E-state index contributed by atoms with van der Waals surface area (Å²) in [4.78, 5) is 0. The molecule has 2 unspecified atom stereocenters. The average Bonchev–Trinajstić information content (AvgIpc) is 2.10. The SMILES string of the molecule is [2H]C([2H])([2H])C1([2H])C([2H])([2H])C([2H])([2H])NC([2H])(O)C1([2H])[2H]. The quantitative estimate of drug-likeness (QED) is 0.490. The maximum atomic E-state index is 9.57. The Balaban J connectivity index is 3.70. The van der Waals surface area contributed by atoms with Crippen molar-refractivity contribution in [2.45, 2.75) is 25.8 Å². The molecule has 0 aromatic carbocycles. The number of hydrogen-bond donors (Lipinski definition) is 2. The molecule has 1 heterocycles. The van der Waals surface area contributed by atoms with Crippen molar-refractivity contribution in [3.8, 4) is 0 Å². The molecule has 2 heteroatoms. The van der Waals surface area contributed by atoms with Crippen LogP contribution < -0.4 is 5.32 Å². The van der Waals surface area contributed by atoms with E-state index in [1.807, 2.05) is 0 Å². The van der Waals surface area contributed by atoms with Crippen molar-refractivity contribution in [1.29, 1.82) is 0 Å². The lowest BCUT2D eigenvalue weighted by Crippen LogP contribution is -2.36. The van der Waals surface area contributed by atoms with E-state index in [0.717, 1.165) is 0 Å². The highest BCUT2D eigenvalue weighted by atomic mass is 16.3. The molecule has 2 atom stereocenters. The molecule has 0 bridgehead atoms. The molecule has 0 aromatic rings. The van der Waals surface area contributed by atoms with Gasteiger partial charge in [0.2, 0.25) is 0 Å². The normalized spacial score (nSPS) is 98.9. The van der Waals surface area contributed by atoms with Gasteiger partial charge in [0.05, 0.1) is 1.37 Å². The fourth-order valence-electron chi connectivity index (χ4n) is 0.334. The third-order valence-corrected chi connectivity index (χ3v) is 0.612. The van der Waals surface area contributed by atoms with Crippen LogP contribution in [-0.4, -0.2) is 17.8 Å². The van der Waals surface area contributed by atoms with Crippen LogP contribution in [-0.2, 0) is 0 Å². The van der Waals surface area contributed by atoms with Crippen LogP contribution in [0.4, 0.5) is 0 Å². The zero-order valence-electron chi connectivity index (χ0n) is 14.9. The molecule has 0 amide bonds. The Morgan fingerprint density at radius 3 is 3.75 bits per heavy atom. The van der Waals surface area contributed by atoms with E-state index in [0.29, 0.717) is 0 Å². The van der Waals surface area contributed by atoms with Crippen LogP contribution in [0.2, 0.25) is 0 Å². The first kappa shape index (κ1) is 1.06. The van der Waals surface area contributed by atoms with Gasteiger partial charge in [0, 0.05) is 13.7 Å². The van der Waals surface area contributed by atoms with E-state index in [2.05, 4.69) is 0 Å². The second-order valence-electron chi connectivity index (χ2n) is 1.22. The molecule has 0 radical (unpaired) electrons. The Kier molecular flexibility index (Phi) is 0.326. The zero-order valence-corrected chi connectivity index (χ0v) is 3.95. The minimum atomic E-state index is -3.68. The number of piperidine rings is 1. The zero-order chi connectivity index (χ0) is 15.7. The van der Waals surface area contributed by atoms with Crippen molar-refractivity contribution in [3.63, 3.8) is 0 Å². The van der Waals surface area contributed by atoms with E-state index >= 15 is 0 Å². The molecule has 0 aliphatic carbocycles. The minimum absolute atomic E-state index is 1.38. The summed E-state index contributed by atoms with van der Waals surface area (Å²) in [6.45, 7) is -6.89. The highest BCUT2D eigenvalue weighted by Gasteiger charge is 2.14. The fraction of sp³-hybridized carbons (Fsp3) is 1.00. The second kappa shape index (κ2) is 2.46. The molecule has 0 saturated carbocycles. The minimum Gasteiger partial charge on any atom is -0.379 e. The lowest BCUT2D eigenvalue weighted by Gasteiger charge is -2.23. The summed E-state index contributed by atoms with van der Waals surface area (Å²) in [6, 6.07) is 0. The Morgan fingerprint density at radius 1 is 2.12 bits per heavy atom. The fourth-order valence-corrected chi connectivity index (χ4v) is 0.334. The van der Waals surface area contributed by atoms with Crippen LogP contribution in [0.25, 0.3) is 0 Å². The molecular weight excluding hydrogens is 102 g/mol. The van der Waals surface area contributed by atoms with Gasteiger partial charge in [-0.2, -0.15) is 0 Å². The van der Waals surface area contributed by atoms with E-state index in [9.17, 15) is 5.11 Å². The highest BCUT2D eigenvalue weighted by molar-refractivity contribution is 4.67. The molecule has 1 rings (SSSR count). The summed E-state index contributed by atoms with van der Waals surface area (Å²) in [7, 11) is 0. The Labute approximate surface area is 65.4 Å². The van der Waals surface area contributed by atoms with Gasteiger partial charge in [0.1, 0.15) is 6.20 Å². The first-order chi connectivity index (χ1) is 7.96. The predicted octanol–water partition coefficient (Wildman–Crippen LogP) is 0.324. The first-order valence-electron chi connectivity index (χ1n) is 7.47. The summed E-state index contributed by atoms with van der Waals surface area (Å²) < 4.78 is 81.2.